The summed E-state index contributed by atoms with van der Waals surface area (Å²) in [5.74, 6) is -6.56. The molecule has 4 rings (SSSR count). The number of carboxylic acid groups (broad SMARTS) is 3. The fourth-order valence-electron chi connectivity index (χ4n) is 4.27. The van der Waals surface area contributed by atoms with Crippen LogP contribution in [0, 0.1) is 5.92 Å². The van der Waals surface area contributed by atoms with Gasteiger partial charge in [0.15, 0.2) is 0 Å². The molecular weight excluding hydrogens is 653 g/mol. The van der Waals surface area contributed by atoms with Crippen LogP contribution < -0.4 is 0 Å². The number of pyridine rings is 1. The Morgan fingerprint density at radius 1 is 0.935 bits per heavy atom. The number of rotatable bonds is 6. The average molecular weight is 684 g/mol. The quantitative estimate of drug-likeness (QED) is 0.364. The van der Waals surface area contributed by atoms with Gasteiger partial charge in [-0.3, -0.25) is 14.8 Å². The number of carboxylic acids is 3. The second-order valence-electron chi connectivity index (χ2n) is 10.0. The average Bonchev–Trinajstić information content (AvgIpc) is 3.43. The highest BCUT2D eigenvalue weighted by Crippen LogP contribution is 2.39. The molecule has 2 fully saturated rings. The Labute approximate surface area is 255 Å². The summed E-state index contributed by atoms with van der Waals surface area (Å²) in [5.41, 5.74) is 1.48. The molecule has 0 amide bonds. The zero-order valence-corrected chi connectivity index (χ0v) is 23.9. The van der Waals surface area contributed by atoms with Gasteiger partial charge in [0.25, 0.3) is 0 Å². The number of aliphatic carboxylic acids is 3. The van der Waals surface area contributed by atoms with Crippen molar-refractivity contribution in [1.29, 1.82) is 0 Å². The first-order chi connectivity index (χ1) is 21.1. The molecule has 2 aromatic rings. The Bertz CT molecular complexity index is 1160. The summed E-state index contributed by atoms with van der Waals surface area (Å²) in [6, 6.07) is 8.06. The molecule has 0 bridgehead atoms. The fourth-order valence-corrected chi connectivity index (χ4v) is 4.27. The third-order valence-electron chi connectivity index (χ3n) is 6.42. The van der Waals surface area contributed by atoms with Gasteiger partial charge in [0, 0.05) is 37.6 Å². The van der Waals surface area contributed by atoms with E-state index in [-0.39, 0.29) is 0 Å². The highest BCUT2D eigenvalue weighted by molar-refractivity contribution is 5.73. The molecule has 1 unspecified atom stereocenters. The number of nitrogens with zero attached hydrogens (tertiary/aromatic N) is 3. The van der Waals surface area contributed by atoms with Gasteiger partial charge in [0.1, 0.15) is 5.76 Å². The van der Waals surface area contributed by atoms with Gasteiger partial charge in [-0.05, 0) is 56.1 Å². The number of hydrogen-bond acceptors (Lipinski definition) is 8. The van der Waals surface area contributed by atoms with Gasteiger partial charge < -0.3 is 24.5 Å². The van der Waals surface area contributed by atoms with Crippen molar-refractivity contribution in [3.05, 3.63) is 54.2 Å². The Kier molecular flexibility index (Phi) is 14.9. The Hall–Kier alpha value is -3.91. The summed E-state index contributed by atoms with van der Waals surface area (Å²) < 4.78 is 107. The lowest BCUT2D eigenvalue weighted by molar-refractivity contribution is -0.193. The first-order valence-electron chi connectivity index (χ1n) is 12.9. The van der Waals surface area contributed by atoms with Crippen LogP contribution in [0.1, 0.15) is 24.2 Å². The van der Waals surface area contributed by atoms with E-state index in [1.54, 1.807) is 12.5 Å². The molecule has 3 N–H and O–H groups in total. The zero-order chi connectivity index (χ0) is 35.3. The molecule has 4 heterocycles. The predicted molar refractivity (Wildman–Crippen MR) is 137 cm³/mol. The second kappa shape index (κ2) is 17.1. The number of ether oxygens (including phenoxy) is 1. The highest BCUT2D eigenvalue weighted by atomic mass is 19.4. The van der Waals surface area contributed by atoms with Crippen LogP contribution in [0.15, 0.2) is 47.3 Å². The molecule has 2 aliphatic rings. The van der Waals surface area contributed by atoms with E-state index in [9.17, 15) is 39.5 Å². The van der Waals surface area contributed by atoms with E-state index in [4.69, 9.17) is 38.9 Å². The van der Waals surface area contributed by atoms with Crippen LogP contribution in [0.3, 0.4) is 0 Å². The van der Waals surface area contributed by atoms with Crippen LogP contribution in [-0.2, 0) is 32.3 Å². The summed E-state index contributed by atoms with van der Waals surface area (Å²) in [6.07, 6.45) is -7.36. The molecule has 0 saturated carbocycles. The minimum absolute atomic E-state index is 0.327. The van der Waals surface area contributed by atoms with E-state index in [1.165, 1.54) is 12.8 Å². The summed E-state index contributed by atoms with van der Waals surface area (Å²) in [6.45, 7) is 5.85. The molecule has 0 aromatic carbocycles. The normalized spacial score (nSPS) is 18.0. The van der Waals surface area contributed by atoms with Gasteiger partial charge in [0.2, 0.25) is 0 Å². The maximum absolute atomic E-state index is 10.6. The van der Waals surface area contributed by atoms with Gasteiger partial charge in [-0.25, -0.2) is 14.4 Å². The van der Waals surface area contributed by atoms with E-state index in [2.05, 4.69) is 34.0 Å². The molecule has 0 radical (unpaired) electrons. The summed E-state index contributed by atoms with van der Waals surface area (Å²) in [4.78, 5) is 35.9. The summed E-state index contributed by atoms with van der Waals surface area (Å²) in [5, 5.41) is 21.4. The molecular formula is C26H30F9N3O8. The number of likely N-dealkylation sites (N-methyl/N-ethyl adjacent to an activating group) is 1. The smallest absolute Gasteiger partial charge is 0.475 e. The van der Waals surface area contributed by atoms with Gasteiger partial charge in [-0.2, -0.15) is 39.5 Å². The highest BCUT2D eigenvalue weighted by Gasteiger charge is 2.49. The van der Waals surface area contributed by atoms with Gasteiger partial charge in [-0.15, -0.1) is 0 Å². The maximum atomic E-state index is 10.6. The van der Waals surface area contributed by atoms with Gasteiger partial charge >= 0.3 is 36.4 Å². The zero-order valence-electron chi connectivity index (χ0n) is 23.9. The van der Waals surface area contributed by atoms with Crippen LogP contribution in [0.25, 0.3) is 0 Å². The summed E-state index contributed by atoms with van der Waals surface area (Å²) in [7, 11) is 2.27. The first-order valence-corrected chi connectivity index (χ1v) is 12.9. The first kappa shape index (κ1) is 40.1. The predicted octanol–water partition coefficient (Wildman–Crippen LogP) is 4.69. The molecule has 11 nitrogen and oxygen atoms in total. The molecule has 2 aliphatic heterocycles. The molecule has 2 saturated heterocycles. The number of aromatic nitrogens is 1. The standard InChI is InChI=1S/C20H27N3O2.3C2HF3O2/c1-22-8-6-17(13-24-14-18-4-2-7-21-11-18)10-20(22)15-23(16-20)12-19-5-3-9-25-19;3*3-2(4,5)1(6)7/h2-5,7,9,11,17H,6,8,10,12-16H2,1H3;3*(H,6,7). The molecule has 20 heteroatoms. The summed E-state index contributed by atoms with van der Waals surface area (Å²) >= 11 is 0. The minimum Gasteiger partial charge on any atom is -0.475 e. The number of piperidine rings is 1. The van der Waals surface area contributed by atoms with Crippen molar-refractivity contribution in [3.8, 4) is 0 Å². The fraction of sp³-hybridized carbons (Fsp3) is 0.538. The van der Waals surface area contributed by atoms with Crippen molar-refractivity contribution < 1.29 is 78.4 Å². The van der Waals surface area contributed by atoms with Crippen molar-refractivity contribution in [3.63, 3.8) is 0 Å². The Balaban J connectivity index is 0.000000413. The third-order valence-corrected chi connectivity index (χ3v) is 6.42. The maximum Gasteiger partial charge on any atom is 0.490 e. The molecule has 260 valence electrons. The minimum atomic E-state index is -5.08. The monoisotopic (exact) mass is 683 g/mol. The van der Waals surface area contributed by atoms with E-state index in [1.807, 2.05) is 18.3 Å². The number of hydrogen-bond donors (Lipinski definition) is 3. The molecule has 1 spiro atoms. The van der Waals surface area contributed by atoms with Crippen molar-refractivity contribution >= 4 is 17.9 Å². The number of furan rings is 1. The van der Waals surface area contributed by atoms with Crippen LogP contribution >= 0.6 is 0 Å². The van der Waals surface area contributed by atoms with Crippen LogP contribution in [-0.4, -0.2) is 105 Å². The lowest BCUT2D eigenvalue weighted by Gasteiger charge is -2.58. The SMILES string of the molecule is CN1CCC(COCc2cccnc2)CC12CN(Cc1ccco1)C2.O=C(O)C(F)(F)F.O=C(O)C(F)(F)F.O=C(O)C(F)(F)F. The molecule has 0 aliphatic carbocycles. The van der Waals surface area contributed by atoms with Crippen LogP contribution in [0.4, 0.5) is 39.5 Å². The van der Waals surface area contributed by atoms with Gasteiger partial charge in [-0.1, -0.05) is 6.07 Å². The molecule has 2 aromatic heterocycles. The van der Waals surface area contributed by atoms with Crippen molar-refractivity contribution in [2.45, 2.75) is 50.1 Å². The van der Waals surface area contributed by atoms with Crippen LogP contribution in [0.5, 0.6) is 0 Å². The molecule has 1 atom stereocenters. The number of alkyl halides is 9. The third kappa shape index (κ3) is 14.5. The van der Waals surface area contributed by atoms with Gasteiger partial charge in [0.05, 0.1) is 19.4 Å². The lowest BCUT2D eigenvalue weighted by atomic mass is 9.75. The van der Waals surface area contributed by atoms with Crippen molar-refractivity contribution in [2.24, 2.45) is 5.92 Å². The van der Waals surface area contributed by atoms with Crippen LogP contribution in [0.2, 0.25) is 0 Å². The number of likely N-dealkylation sites (tertiary alicyclic amines) is 2. The number of halogens is 9. The number of carbonyl (C=O) groups is 3. The van der Waals surface area contributed by atoms with E-state index in [0.29, 0.717) is 18.1 Å². The van der Waals surface area contributed by atoms with Crippen molar-refractivity contribution in [2.75, 3.05) is 33.3 Å². The topological polar surface area (TPSA) is 154 Å². The Morgan fingerprint density at radius 2 is 1.46 bits per heavy atom. The molecule has 46 heavy (non-hydrogen) atoms. The van der Waals surface area contributed by atoms with E-state index < -0.39 is 36.4 Å². The lowest BCUT2D eigenvalue weighted by Crippen LogP contribution is -2.71. The Morgan fingerprint density at radius 3 is 1.87 bits per heavy atom. The van der Waals surface area contributed by atoms with E-state index in [0.717, 1.165) is 44.1 Å². The van der Waals surface area contributed by atoms with E-state index >= 15 is 0 Å². The van der Waals surface area contributed by atoms with Crippen molar-refractivity contribution in [1.82, 2.24) is 14.8 Å². The second-order valence-corrected chi connectivity index (χ2v) is 10.0. The largest absolute Gasteiger partial charge is 0.490 e.